The number of Topliss-reactive ketones (excluding diaryl/α,β-unsaturated/α-hetero) is 1. The van der Waals surface area contributed by atoms with E-state index in [0.29, 0.717) is 37.3 Å². The molecule has 1 heterocycles. The van der Waals surface area contributed by atoms with Gasteiger partial charge in [-0.25, -0.2) is 4.79 Å². The van der Waals surface area contributed by atoms with Gasteiger partial charge in [-0.15, -0.1) is 0 Å². The number of hydrogen-bond acceptors (Lipinski definition) is 4. The van der Waals surface area contributed by atoms with Crippen molar-refractivity contribution in [2.45, 2.75) is 37.1 Å². The zero-order valence-electron chi connectivity index (χ0n) is 13.4. The fourth-order valence-corrected chi connectivity index (χ4v) is 4.07. The number of ether oxygens (including phenoxy) is 2. The van der Waals surface area contributed by atoms with Crippen LogP contribution in [0, 0.1) is 0 Å². The van der Waals surface area contributed by atoms with Gasteiger partial charge in [0.15, 0.2) is 11.5 Å². The van der Waals surface area contributed by atoms with E-state index in [1.54, 1.807) is 14.2 Å². The first-order chi connectivity index (χ1) is 11.0. The monoisotopic (exact) mass is 319 g/mol. The van der Waals surface area contributed by atoms with Gasteiger partial charge in [0.1, 0.15) is 5.78 Å². The number of fused-ring (bicyclic) bond motifs is 1. The van der Waals surface area contributed by atoms with Crippen molar-refractivity contribution >= 4 is 11.9 Å². The van der Waals surface area contributed by atoms with Gasteiger partial charge < -0.3 is 19.5 Å². The molecule has 2 unspecified atom stereocenters. The van der Waals surface area contributed by atoms with E-state index in [4.69, 9.17) is 9.47 Å². The molecule has 0 aromatic heterocycles. The smallest absolute Gasteiger partial charge is 0.407 e. The van der Waals surface area contributed by atoms with Crippen molar-refractivity contribution < 1.29 is 24.2 Å². The number of nitrogens with zero attached hydrogens (tertiary/aromatic N) is 1. The van der Waals surface area contributed by atoms with Gasteiger partial charge in [0, 0.05) is 24.8 Å². The van der Waals surface area contributed by atoms with Gasteiger partial charge in [0.2, 0.25) is 0 Å². The third-order valence-corrected chi connectivity index (χ3v) is 5.29. The number of ketones is 1. The maximum Gasteiger partial charge on any atom is 0.407 e. The highest BCUT2D eigenvalue weighted by Gasteiger charge is 2.53. The van der Waals surface area contributed by atoms with E-state index in [1.165, 1.54) is 4.90 Å². The Kier molecular flexibility index (Phi) is 3.92. The molecule has 0 radical (unpaired) electrons. The lowest BCUT2D eigenvalue weighted by molar-refractivity contribution is -0.122. The summed E-state index contributed by atoms with van der Waals surface area (Å²) >= 11 is 0. The summed E-state index contributed by atoms with van der Waals surface area (Å²) in [5, 5.41) is 9.45. The fourth-order valence-electron chi connectivity index (χ4n) is 4.07. The van der Waals surface area contributed by atoms with Crippen molar-refractivity contribution in [1.29, 1.82) is 0 Å². The Labute approximate surface area is 135 Å². The predicted octanol–water partition coefficient (Wildman–Crippen LogP) is 2.45. The Balaban J connectivity index is 2.05. The van der Waals surface area contributed by atoms with Gasteiger partial charge in [-0.2, -0.15) is 0 Å². The van der Waals surface area contributed by atoms with Crippen molar-refractivity contribution in [1.82, 2.24) is 4.90 Å². The van der Waals surface area contributed by atoms with E-state index < -0.39 is 6.09 Å². The highest BCUT2D eigenvalue weighted by molar-refractivity contribution is 5.82. The Bertz CT molecular complexity index is 644. The fraction of sp³-hybridized carbons (Fsp3) is 0.529. The third kappa shape index (κ3) is 2.42. The molecule has 2 aliphatic rings. The largest absolute Gasteiger partial charge is 0.493 e. The Morgan fingerprint density at radius 3 is 2.65 bits per heavy atom. The lowest BCUT2D eigenvalue weighted by Gasteiger charge is -2.41. The molecule has 2 atom stereocenters. The zero-order chi connectivity index (χ0) is 16.6. The topological polar surface area (TPSA) is 76.1 Å². The number of carboxylic acid groups (broad SMARTS) is 1. The molecule has 0 bridgehead atoms. The highest BCUT2D eigenvalue weighted by atomic mass is 16.5. The lowest BCUT2D eigenvalue weighted by atomic mass is 9.66. The van der Waals surface area contributed by atoms with Crippen LogP contribution in [0.4, 0.5) is 4.79 Å². The molecule has 1 amide bonds. The molecule has 124 valence electrons. The maximum absolute atomic E-state index is 11.9. The molecule has 6 heteroatoms. The minimum atomic E-state index is -0.952. The van der Waals surface area contributed by atoms with Crippen LogP contribution in [0.2, 0.25) is 0 Å². The van der Waals surface area contributed by atoms with Crippen LogP contribution in [0.3, 0.4) is 0 Å². The number of rotatable bonds is 3. The minimum Gasteiger partial charge on any atom is -0.493 e. The van der Waals surface area contributed by atoms with Crippen LogP contribution in [0.1, 0.15) is 31.2 Å². The van der Waals surface area contributed by atoms with Crippen molar-refractivity contribution in [3.8, 4) is 11.5 Å². The van der Waals surface area contributed by atoms with Gasteiger partial charge in [-0.05, 0) is 30.5 Å². The molecule has 1 saturated carbocycles. The average Bonchev–Trinajstić information content (AvgIpc) is 2.94. The lowest BCUT2D eigenvalue weighted by Crippen LogP contribution is -2.48. The van der Waals surface area contributed by atoms with Crippen molar-refractivity contribution in [3.05, 3.63) is 23.8 Å². The van der Waals surface area contributed by atoms with E-state index in [2.05, 4.69) is 0 Å². The summed E-state index contributed by atoms with van der Waals surface area (Å²) < 4.78 is 10.7. The van der Waals surface area contributed by atoms with Crippen LogP contribution in [-0.4, -0.2) is 48.7 Å². The second kappa shape index (κ2) is 5.76. The average molecular weight is 319 g/mol. The molecule has 1 N–H and O–H groups in total. The number of methoxy groups -OCH3 is 2. The summed E-state index contributed by atoms with van der Waals surface area (Å²) in [6.45, 7) is 0.460. The summed E-state index contributed by atoms with van der Waals surface area (Å²) in [5.74, 6) is 1.41. The van der Waals surface area contributed by atoms with Crippen molar-refractivity contribution in [3.63, 3.8) is 0 Å². The SMILES string of the molecule is COc1ccc(C23CCC(=O)CC2N(C(=O)O)CC3)cc1OC. The molecule has 1 aliphatic heterocycles. The molecule has 6 nitrogen and oxygen atoms in total. The molecule has 1 aliphatic carbocycles. The number of amides is 1. The van der Waals surface area contributed by atoms with Gasteiger partial charge in [0.05, 0.1) is 20.3 Å². The van der Waals surface area contributed by atoms with Crippen LogP contribution in [0.15, 0.2) is 18.2 Å². The summed E-state index contributed by atoms with van der Waals surface area (Å²) in [7, 11) is 3.17. The number of carbonyl (C=O) groups is 2. The first-order valence-corrected chi connectivity index (χ1v) is 7.75. The molecule has 2 fully saturated rings. The molecule has 1 aromatic carbocycles. The van der Waals surface area contributed by atoms with Crippen LogP contribution in [0.5, 0.6) is 11.5 Å². The normalized spacial score (nSPS) is 26.8. The number of hydrogen-bond donors (Lipinski definition) is 1. The Hall–Kier alpha value is -2.24. The second-order valence-electron chi connectivity index (χ2n) is 6.21. The summed E-state index contributed by atoms with van der Waals surface area (Å²) in [6, 6.07) is 5.45. The Morgan fingerprint density at radius 2 is 2.00 bits per heavy atom. The highest BCUT2D eigenvalue weighted by Crippen LogP contribution is 2.49. The zero-order valence-corrected chi connectivity index (χ0v) is 13.4. The van der Waals surface area contributed by atoms with E-state index in [-0.39, 0.29) is 17.2 Å². The first kappa shape index (κ1) is 15.6. The molecule has 1 aromatic rings. The second-order valence-corrected chi connectivity index (χ2v) is 6.21. The predicted molar refractivity (Wildman–Crippen MR) is 83.2 cm³/mol. The quantitative estimate of drug-likeness (QED) is 0.926. The summed E-state index contributed by atoms with van der Waals surface area (Å²) in [6.07, 6.45) is 1.24. The maximum atomic E-state index is 11.9. The van der Waals surface area contributed by atoms with Crippen LogP contribution >= 0.6 is 0 Å². The number of carbonyl (C=O) groups excluding carboxylic acids is 1. The number of benzene rings is 1. The third-order valence-electron chi connectivity index (χ3n) is 5.29. The molecular weight excluding hydrogens is 298 g/mol. The van der Waals surface area contributed by atoms with E-state index in [1.807, 2.05) is 18.2 Å². The molecule has 1 saturated heterocycles. The first-order valence-electron chi connectivity index (χ1n) is 7.75. The van der Waals surface area contributed by atoms with Gasteiger partial charge in [-0.3, -0.25) is 4.79 Å². The van der Waals surface area contributed by atoms with E-state index in [9.17, 15) is 14.7 Å². The number of likely N-dealkylation sites (tertiary alicyclic amines) is 1. The molecule has 0 spiro atoms. The van der Waals surface area contributed by atoms with E-state index in [0.717, 1.165) is 12.0 Å². The van der Waals surface area contributed by atoms with E-state index >= 15 is 0 Å². The Morgan fingerprint density at radius 1 is 1.26 bits per heavy atom. The van der Waals surface area contributed by atoms with Crippen LogP contribution < -0.4 is 9.47 Å². The van der Waals surface area contributed by atoms with Gasteiger partial charge in [-0.1, -0.05) is 6.07 Å². The van der Waals surface area contributed by atoms with Crippen molar-refractivity contribution in [2.24, 2.45) is 0 Å². The van der Waals surface area contributed by atoms with Gasteiger partial charge in [0.25, 0.3) is 0 Å². The minimum absolute atomic E-state index is 0.138. The van der Waals surface area contributed by atoms with Crippen LogP contribution in [-0.2, 0) is 10.2 Å². The standard InChI is InChI=1S/C17H21NO5/c1-22-13-4-3-11(9-14(13)23-2)17-6-5-12(19)10-15(17)18(8-7-17)16(20)21/h3-4,9,15H,5-8,10H2,1-2H3,(H,20,21). The van der Waals surface area contributed by atoms with Crippen LogP contribution in [0.25, 0.3) is 0 Å². The van der Waals surface area contributed by atoms with Gasteiger partial charge >= 0.3 is 6.09 Å². The molecule has 23 heavy (non-hydrogen) atoms. The summed E-state index contributed by atoms with van der Waals surface area (Å²) in [4.78, 5) is 24.9. The summed E-state index contributed by atoms with van der Waals surface area (Å²) in [5.41, 5.74) is 0.711. The van der Waals surface area contributed by atoms with Crippen molar-refractivity contribution in [2.75, 3.05) is 20.8 Å². The molecule has 3 rings (SSSR count). The molecular formula is C17H21NO5.